The van der Waals surface area contributed by atoms with E-state index < -0.39 is 0 Å². The van der Waals surface area contributed by atoms with Gasteiger partial charge in [-0.15, -0.1) is 0 Å². The summed E-state index contributed by atoms with van der Waals surface area (Å²) in [6, 6.07) is 5.40. The normalized spacial score (nSPS) is 10.9. The number of Topliss-reactive ketones (excluding diaryl/α,β-unsaturated/α-hetero) is 1. The Balaban J connectivity index is 2.87. The second-order valence-corrected chi connectivity index (χ2v) is 3.68. The summed E-state index contributed by atoms with van der Waals surface area (Å²) in [5.74, 6) is -0.0162. The van der Waals surface area contributed by atoms with Crippen LogP contribution in [0.15, 0.2) is 24.3 Å². The number of carbonyl (C=O) groups is 1. The topological polar surface area (TPSA) is 43.1 Å². The Bertz CT molecular complexity index is 385. The van der Waals surface area contributed by atoms with Crippen LogP contribution in [0.2, 0.25) is 5.02 Å². The van der Waals surface area contributed by atoms with Gasteiger partial charge in [-0.25, -0.2) is 0 Å². The predicted octanol–water partition coefficient (Wildman–Crippen LogP) is 2.90. The lowest BCUT2D eigenvalue weighted by Crippen LogP contribution is -1.95. The van der Waals surface area contributed by atoms with Gasteiger partial charge in [0.25, 0.3) is 0 Å². The number of nitrogens with two attached hydrogens (primary N) is 1. The summed E-state index contributed by atoms with van der Waals surface area (Å²) in [6.45, 7) is 2.14. The average molecular weight is 224 g/mol. The Morgan fingerprint density at radius 1 is 1.53 bits per heavy atom. The summed E-state index contributed by atoms with van der Waals surface area (Å²) in [7, 11) is 0. The molecule has 0 saturated carbocycles. The van der Waals surface area contributed by atoms with Crippen molar-refractivity contribution in [3.8, 4) is 0 Å². The van der Waals surface area contributed by atoms with Gasteiger partial charge >= 0.3 is 0 Å². The molecule has 1 aromatic rings. The molecule has 3 heteroatoms. The summed E-state index contributed by atoms with van der Waals surface area (Å²) in [5, 5.41) is 0.498. The van der Waals surface area contributed by atoms with Crippen LogP contribution < -0.4 is 5.73 Å². The van der Waals surface area contributed by atoms with Crippen LogP contribution in [-0.4, -0.2) is 12.3 Å². The molecule has 1 rings (SSSR count). The minimum Gasteiger partial charge on any atom is -0.330 e. The number of halogens is 1. The fourth-order valence-corrected chi connectivity index (χ4v) is 1.56. The van der Waals surface area contributed by atoms with Crippen molar-refractivity contribution in [1.29, 1.82) is 0 Å². The highest BCUT2D eigenvalue weighted by Gasteiger charge is 2.04. The molecule has 0 unspecified atom stereocenters. The summed E-state index contributed by atoms with van der Waals surface area (Å²) in [5.41, 5.74) is 6.91. The molecule has 0 amide bonds. The van der Waals surface area contributed by atoms with Crippen molar-refractivity contribution in [2.24, 2.45) is 5.73 Å². The second-order valence-electron chi connectivity index (χ2n) is 3.28. The van der Waals surface area contributed by atoms with Gasteiger partial charge in [0.1, 0.15) is 0 Å². The molecule has 0 bridgehead atoms. The summed E-state index contributed by atoms with van der Waals surface area (Å²) >= 11 is 5.96. The molecule has 0 aliphatic rings. The molecular formula is C12H14ClNO. The molecule has 0 aromatic heterocycles. The molecule has 0 aliphatic heterocycles. The van der Waals surface area contributed by atoms with Gasteiger partial charge in [0.2, 0.25) is 0 Å². The molecule has 1 aromatic carbocycles. The third kappa shape index (κ3) is 3.50. The maximum atomic E-state index is 11.1. The SMILES string of the molecule is CC(=O)c1ccc(C=CCCN)cc1Cl. The highest BCUT2D eigenvalue weighted by atomic mass is 35.5. The number of hydrogen-bond donors (Lipinski definition) is 1. The number of benzene rings is 1. The van der Waals surface area contributed by atoms with Crippen LogP contribution >= 0.6 is 11.6 Å². The lowest BCUT2D eigenvalue weighted by Gasteiger charge is -2.00. The van der Waals surface area contributed by atoms with Crippen molar-refractivity contribution in [1.82, 2.24) is 0 Å². The first-order valence-corrected chi connectivity index (χ1v) is 5.20. The molecule has 0 aliphatic carbocycles. The van der Waals surface area contributed by atoms with E-state index in [0.29, 0.717) is 17.1 Å². The first-order valence-electron chi connectivity index (χ1n) is 4.82. The van der Waals surface area contributed by atoms with E-state index in [1.54, 1.807) is 12.1 Å². The second kappa shape index (κ2) is 5.69. The van der Waals surface area contributed by atoms with E-state index in [0.717, 1.165) is 12.0 Å². The minimum atomic E-state index is -0.0162. The standard InChI is InChI=1S/C12H14ClNO/c1-9(15)11-6-5-10(8-12(11)13)4-2-3-7-14/h2,4-6,8H,3,7,14H2,1H3. The summed E-state index contributed by atoms with van der Waals surface area (Å²) in [6.07, 6.45) is 4.77. The molecule has 2 nitrogen and oxygen atoms in total. The third-order valence-corrected chi connectivity index (χ3v) is 2.33. The Kier molecular flexibility index (Phi) is 4.53. The molecular weight excluding hydrogens is 210 g/mol. The molecule has 0 radical (unpaired) electrons. The third-order valence-electron chi connectivity index (χ3n) is 2.02. The van der Waals surface area contributed by atoms with Crippen molar-refractivity contribution in [3.63, 3.8) is 0 Å². The van der Waals surface area contributed by atoms with Crippen molar-refractivity contribution < 1.29 is 4.79 Å². The first-order chi connectivity index (χ1) is 7.15. The van der Waals surface area contributed by atoms with Gasteiger partial charge < -0.3 is 5.73 Å². The van der Waals surface area contributed by atoms with Crippen molar-refractivity contribution >= 4 is 23.5 Å². The quantitative estimate of drug-likeness (QED) is 0.798. The van der Waals surface area contributed by atoms with Crippen molar-refractivity contribution in [3.05, 3.63) is 40.4 Å². The van der Waals surface area contributed by atoms with E-state index in [9.17, 15) is 4.79 Å². The van der Waals surface area contributed by atoms with Gasteiger partial charge in [-0.1, -0.05) is 29.8 Å². The minimum absolute atomic E-state index is 0.0162. The zero-order valence-corrected chi connectivity index (χ0v) is 9.42. The fraction of sp³-hybridized carbons (Fsp3) is 0.250. The first kappa shape index (κ1) is 12.0. The number of rotatable bonds is 4. The fourth-order valence-electron chi connectivity index (χ4n) is 1.24. The van der Waals surface area contributed by atoms with Crippen LogP contribution in [0.4, 0.5) is 0 Å². The zero-order valence-electron chi connectivity index (χ0n) is 8.66. The Hall–Kier alpha value is -1.12. The van der Waals surface area contributed by atoms with E-state index in [1.807, 2.05) is 18.2 Å². The monoisotopic (exact) mass is 223 g/mol. The molecule has 0 spiro atoms. The van der Waals surface area contributed by atoms with Gasteiger partial charge in [-0.2, -0.15) is 0 Å². The molecule has 80 valence electrons. The lowest BCUT2D eigenvalue weighted by molar-refractivity contribution is 0.101. The summed E-state index contributed by atoms with van der Waals surface area (Å²) in [4.78, 5) is 11.1. The van der Waals surface area contributed by atoms with E-state index in [4.69, 9.17) is 17.3 Å². The largest absolute Gasteiger partial charge is 0.330 e. The van der Waals surface area contributed by atoms with Gasteiger partial charge in [0.15, 0.2) is 5.78 Å². The van der Waals surface area contributed by atoms with Crippen LogP contribution in [0.25, 0.3) is 6.08 Å². The zero-order chi connectivity index (χ0) is 11.3. The number of ketones is 1. The maximum Gasteiger partial charge on any atom is 0.161 e. The highest BCUT2D eigenvalue weighted by Crippen LogP contribution is 2.19. The predicted molar refractivity (Wildman–Crippen MR) is 64.2 cm³/mol. The maximum absolute atomic E-state index is 11.1. The molecule has 0 atom stereocenters. The van der Waals surface area contributed by atoms with Crippen molar-refractivity contribution in [2.45, 2.75) is 13.3 Å². The van der Waals surface area contributed by atoms with Crippen LogP contribution in [0.5, 0.6) is 0 Å². The van der Waals surface area contributed by atoms with Crippen molar-refractivity contribution in [2.75, 3.05) is 6.54 Å². The molecule has 0 saturated heterocycles. The number of carbonyl (C=O) groups excluding carboxylic acids is 1. The Morgan fingerprint density at radius 2 is 2.27 bits per heavy atom. The van der Waals surface area contributed by atoms with Gasteiger partial charge in [0.05, 0.1) is 5.02 Å². The lowest BCUT2D eigenvalue weighted by atomic mass is 10.1. The molecule has 15 heavy (non-hydrogen) atoms. The smallest absolute Gasteiger partial charge is 0.161 e. The van der Waals surface area contributed by atoms with E-state index >= 15 is 0 Å². The van der Waals surface area contributed by atoms with Crippen LogP contribution in [0.3, 0.4) is 0 Å². The average Bonchev–Trinajstić information content (AvgIpc) is 2.17. The molecule has 0 fully saturated rings. The highest BCUT2D eigenvalue weighted by molar-refractivity contribution is 6.34. The Morgan fingerprint density at radius 3 is 2.80 bits per heavy atom. The Labute approximate surface area is 94.7 Å². The van der Waals surface area contributed by atoms with Crippen LogP contribution in [0.1, 0.15) is 29.3 Å². The van der Waals surface area contributed by atoms with E-state index in [-0.39, 0.29) is 5.78 Å². The van der Waals surface area contributed by atoms with Gasteiger partial charge in [0, 0.05) is 5.56 Å². The van der Waals surface area contributed by atoms with Gasteiger partial charge in [-0.3, -0.25) is 4.79 Å². The molecule has 0 heterocycles. The molecule has 2 N–H and O–H groups in total. The van der Waals surface area contributed by atoms with Crippen LogP contribution in [0, 0.1) is 0 Å². The van der Waals surface area contributed by atoms with Crippen LogP contribution in [-0.2, 0) is 0 Å². The van der Waals surface area contributed by atoms with Gasteiger partial charge in [-0.05, 0) is 37.6 Å². The summed E-state index contributed by atoms with van der Waals surface area (Å²) < 4.78 is 0. The van der Waals surface area contributed by atoms with E-state index in [1.165, 1.54) is 6.92 Å². The van der Waals surface area contributed by atoms with E-state index in [2.05, 4.69) is 0 Å². The number of hydrogen-bond acceptors (Lipinski definition) is 2.